The highest BCUT2D eigenvalue weighted by Gasteiger charge is 2.23. The van der Waals surface area contributed by atoms with Crippen molar-refractivity contribution in [2.75, 3.05) is 25.0 Å². The Morgan fingerprint density at radius 3 is 3.00 bits per heavy atom. The zero-order chi connectivity index (χ0) is 13.7. The van der Waals surface area contributed by atoms with Crippen molar-refractivity contribution in [2.24, 2.45) is 5.73 Å². The van der Waals surface area contributed by atoms with Crippen molar-refractivity contribution in [2.45, 2.75) is 31.7 Å². The van der Waals surface area contributed by atoms with E-state index in [4.69, 9.17) is 5.73 Å². The van der Waals surface area contributed by atoms with Gasteiger partial charge in [0.15, 0.2) is 0 Å². The van der Waals surface area contributed by atoms with Crippen LogP contribution < -0.4 is 16.0 Å². The maximum Gasteiger partial charge on any atom is 0.250 e. The summed E-state index contributed by atoms with van der Waals surface area (Å²) < 4.78 is 0. The standard InChI is InChI=1S/C14H22N4O/c1-16-8-7-12-4-2-3-9-18(12)13-6-5-11(10-17-13)14(15)19/h5-6,10,12,16H,2-4,7-9H2,1H3,(H2,15,19). The normalized spacial score (nSPS) is 19.4. The maximum atomic E-state index is 11.1. The highest BCUT2D eigenvalue weighted by molar-refractivity contribution is 5.92. The highest BCUT2D eigenvalue weighted by atomic mass is 16.1. The quantitative estimate of drug-likeness (QED) is 0.835. The summed E-state index contributed by atoms with van der Waals surface area (Å²) in [5.41, 5.74) is 5.70. The molecule has 1 aliphatic heterocycles. The van der Waals surface area contributed by atoms with E-state index in [1.165, 1.54) is 19.3 Å². The third kappa shape index (κ3) is 3.44. The van der Waals surface area contributed by atoms with E-state index in [0.717, 1.165) is 25.3 Å². The number of rotatable bonds is 5. The number of nitrogens with one attached hydrogen (secondary N) is 1. The zero-order valence-corrected chi connectivity index (χ0v) is 11.4. The third-order valence-corrected chi connectivity index (χ3v) is 3.68. The summed E-state index contributed by atoms with van der Waals surface area (Å²) >= 11 is 0. The fourth-order valence-corrected chi connectivity index (χ4v) is 2.61. The summed E-state index contributed by atoms with van der Waals surface area (Å²) in [4.78, 5) is 17.8. The van der Waals surface area contributed by atoms with Gasteiger partial charge in [0.25, 0.3) is 0 Å². The van der Waals surface area contributed by atoms with Crippen LogP contribution in [0.5, 0.6) is 0 Å². The fourth-order valence-electron chi connectivity index (χ4n) is 2.61. The van der Waals surface area contributed by atoms with Crippen LogP contribution in [0.1, 0.15) is 36.0 Å². The molecule has 0 saturated carbocycles. The minimum absolute atomic E-state index is 0.426. The van der Waals surface area contributed by atoms with Gasteiger partial charge in [-0.1, -0.05) is 0 Å². The summed E-state index contributed by atoms with van der Waals surface area (Å²) in [5.74, 6) is 0.523. The van der Waals surface area contributed by atoms with Crippen molar-refractivity contribution < 1.29 is 4.79 Å². The molecule has 2 heterocycles. The van der Waals surface area contributed by atoms with E-state index in [2.05, 4.69) is 15.2 Å². The zero-order valence-electron chi connectivity index (χ0n) is 11.4. The van der Waals surface area contributed by atoms with Crippen LogP contribution in [0.3, 0.4) is 0 Å². The van der Waals surface area contributed by atoms with Crippen LogP contribution in [0.4, 0.5) is 5.82 Å². The number of carbonyl (C=O) groups excluding carboxylic acids is 1. The molecule has 1 fully saturated rings. The van der Waals surface area contributed by atoms with Crippen LogP contribution in [-0.2, 0) is 0 Å². The molecule has 0 spiro atoms. The molecule has 0 bridgehead atoms. The van der Waals surface area contributed by atoms with E-state index in [1.54, 1.807) is 12.3 Å². The van der Waals surface area contributed by atoms with Crippen LogP contribution in [0.2, 0.25) is 0 Å². The molecule has 1 unspecified atom stereocenters. The summed E-state index contributed by atoms with van der Waals surface area (Å²) in [6.45, 7) is 2.05. The molecule has 3 N–H and O–H groups in total. The van der Waals surface area contributed by atoms with Crippen molar-refractivity contribution in [3.63, 3.8) is 0 Å². The number of amides is 1. The molecule has 0 radical (unpaired) electrons. The van der Waals surface area contributed by atoms with E-state index in [0.29, 0.717) is 11.6 Å². The number of nitrogens with two attached hydrogens (primary N) is 1. The fraction of sp³-hybridized carbons (Fsp3) is 0.571. The summed E-state index contributed by atoms with van der Waals surface area (Å²) in [7, 11) is 1.98. The van der Waals surface area contributed by atoms with Crippen LogP contribution in [0, 0.1) is 0 Å². The van der Waals surface area contributed by atoms with Crippen molar-refractivity contribution in [3.05, 3.63) is 23.9 Å². The second kappa shape index (κ2) is 6.52. The molecule has 1 aromatic heterocycles. The largest absolute Gasteiger partial charge is 0.366 e. The second-order valence-corrected chi connectivity index (χ2v) is 5.00. The van der Waals surface area contributed by atoms with Crippen molar-refractivity contribution in [1.29, 1.82) is 0 Å². The average Bonchev–Trinajstić information content (AvgIpc) is 2.45. The van der Waals surface area contributed by atoms with Crippen molar-refractivity contribution >= 4 is 11.7 Å². The first-order chi connectivity index (χ1) is 9.22. The molecular formula is C14H22N4O. The first kappa shape index (κ1) is 13.8. The lowest BCUT2D eigenvalue weighted by atomic mass is 9.99. The first-order valence-electron chi connectivity index (χ1n) is 6.89. The molecule has 1 amide bonds. The second-order valence-electron chi connectivity index (χ2n) is 5.00. The van der Waals surface area contributed by atoms with Gasteiger partial charge in [-0.05, 0) is 51.4 Å². The Morgan fingerprint density at radius 2 is 2.37 bits per heavy atom. The minimum Gasteiger partial charge on any atom is -0.366 e. The molecule has 1 saturated heterocycles. The van der Waals surface area contributed by atoms with Crippen molar-refractivity contribution in [1.82, 2.24) is 10.3 Å². The Hall–Kier alpha value is -1.62. The topological polar surface area (TPSA) is 71.2 Å². The van der Waals surface area contributed by atoms with Gasteiger partial charge < -0.3 is 16.0 Å². The van der Waals surface area contributed by atoms with Gasteiger partial charge in [-0.25, -0.2) is 4.98 Å². The van der Waals surface area contributed by atoms with Gasteiger partial charge in [0.2, 0.25) is 5.91 Å². The lowest BCUT2D eigenvalue weighted by Gasteiger charge is -2.36. The maximum absolute atomic E-state index is 11.1. The van der Waals surface area contributed by atoms with Gasteiger partial charge in [-0.2, -0.15) is 0 Å². The van der Waals surface area contributed by atoms with Crippen LogP contribution >= 0.6 is 0 Å². The molecule has 5 heteroatoms. The Bertz CT molecular complexity index is 418. The van der Waals surface area contributed by atoms with E-state index in [9.17, 15) is 4.79 Å². The molecule has 1 atom stereocenters. The monoisotopic (exact) mass is 262 g/mol. The number of hydrogen-bond acceptors (Lipinski definition) is 4. The number of carbonyl (C=O) groups is 1. The van der Waals surface area contributed by atoms with Gasteiger partial charge in [0, 0.05) is 18.8 Å². The van der Waals surface area contributed by atoms with Crippen molar-refractivity contribution in [3.8, 4) is 0 Å². The number of piperidine rings is 1. The lowest BCUT2D eigenvalue weighted by molar-refractivity contribution is 0.1000. The minimum atomic E-state index is -0.426. The number of pyridine rings is 1. The van der Waals surface area contributed by atoms with Crippen LogP contribution in [0.15, 0.2) is 18.3 Å². The van der Waals surface area contributed by atoms with E-state index >= 15 is 0 Å². The predicted molar refractivity (Wildman–Crippen MR) is 76.3 cm³/mol. The number of primary amides is 1. The van der Waals surface area contributed by atoms with Gasteiger partial charge in [0.05, 0.1) is 5.56 Å². The lowest BCUT2D eigenvalue weighted by Crippen LogP contribution is -2.41. The molecule has 5 nitrogen and oxygen atoms in total. The first-order valence-corrected chi connectivity index (χ1v) is 6.89. The SMILES string of the molecule is CNCCC1CCCCN1c1ccc(C(N)=O)cn1. The van der Waals surface area contributed by atoms with Gasteiger partial charge in [-0.15, -0.1) is 0 Å². The van der Waals surface area contributed by atoms with Gasteiger partial charge in [-0.3, -0.25) is 4.79 Å². The molecule has 1 aliphatic rings. The predicted octanol–water partition coefficient (Wildman–Crippen LogP) is 1.15. The Labute approximate surface area is 114 Å². The molecule has 1 aromatic rings. The van der Waals surface area contributed by atoms with Crippen LogP contribution in [0.25, 0.3) is 0 Å². The van der Waals surface area contributed by atoms with Crippen LogP contribution in [-0.4, -0.2) is 37.1 Å². The smallest absolute Gasteiger partial charge is 0.250 e. The molecule has 104 valence electrons. The molecular weight excluding hydrogens is 240 g/mol. The number of nitrogens with zero attached hydrogens (tertiary/aromatic N) is 2. The van der Waals surface area contributed by atoms with Gasteiger partial charge in [0.1, 0.15) is 5.82 Å². The molecule has 2 rings (SSSR count). The highest BCUT2D eigenvalue weighted by Crippen LogP contribution is 2.24. The summed E-state index contributed by atoms with van der Waals surface area (Å²) in [5, 5.41) is 3.20. The molecule has 0 aliphatic carbocycles. The Morgan fingerprint density at radius 1 is 1.53 bits per heavy atom. The average molecular weight is 262 g/mol. The third-order valence-electron chi connectivity index (χ3n) is 3.68. The molecule has 0 aromatic carbocycles. The number of anilines is 1. The van der Waals surface area contributed by atoms with E-state index < -0.39 is 5.91 Å². The van der Waals surface area contributed by atoms with E-state index in [1.807, 2.05) is 13.1 Å². The summed E-state index contributed by atoms with van der Waals surface area (Å²) in [6, 6.07) is 4.19. The van der Waals surface area contributed by atoms with Gasteiger partial charge >= 0.3 is 0 Å². The number of hydrogen-bond donors (Lipinski definition) is 2. The number of aromatic nitrogens is 1. The summed E-state index contributed by atoms with van der Waals surface area (Å²) in [6.07, 6.45) is 6.39. The Balaban J connectivity index is 2.10. The molecule has 19 heavy (non-hydrogen) atoms. The Kier molecular flexibility index (Phi) is 4.74. The van der Waals surface area contributed by atoms with E-state index in [-0.39, 0.29) is 0 Å².